The van der Waals surface area contributed by atoms with Gasteiger partial charge < -0.3 is 4.74 Å². The Labute approximate surface area is 135 Å². The summed E-state index contributed by atoms with van der Waals surface area (Å²) in [6.45, 7) is 0. The Morgan fingerprint density at radius 1 is 0.652 bits per heavy atom. The number of hydrogen-bond acceptors (Lipinski definition) is 5. The predicted octanol–water partition coefficient (Wildman–Crippen LogP) is 4.60. The first-order valence-corrected chi connectivity index (χ1v) is 7.10. The second kappa shape index (κ2) is 7.88. The summed E-state index contributed by atoms with van der Waals surface area (Å²) >= 11 is 0. The minimum Gasteiger partial charge on any atom is -0.453 e. The summed E-state index contributed by atoms with van der Waals surface area (Å²) in [6, 6.07) is 14.9. The molecule has 0 atom stereocenters. The summed E-state index contributed by atoms with van der Waals surface area (Å²) < 4.78 is 5.96. The van der Waals surface area contributed by atoms with E-state index in [4.69, 9.17) is 4.74 Å². The van der Waals surface area contributed by atoms with Crippen LogP contribution >= 0.6 is 0 Å². The smallest absolute Gasteiger partial charge is 0.155 e. The number of hydrogen-bond donors (Lipinski definition) is 0. The average Bonchev–Trinajstić information content (AvgIpc) is 2.53. The number of ether oxygens (including phenoxy) is 1. The SMILES string of the molecule is CN(C)N=Nc1ccccc1Oc1ccccc1N=NN(C)C. The highest BCUT2D eigenvalue weighted by Gasteiger charge is 2.08. The normalized spacial score (nSPS) is 11.1. The van der Waals surface area contributed by atoms with Crippen LogP contribution in [0.5, 0.6) is 11.5 Å². The molecule has 0 N–H and O–H groups in total. The van der Waals surface area contributed by atoms with Gasteiger partial charge in [-0.05, 0) is 24.3 Å². The molecular formula is C16H20N6O. The summed E-state index contributed by atoms with van der Waals surface area (Å²) in [4.78, 5) is 0. The van der Waals surface area contributed by atoms with E-state index in [1.807, 2.05) is 76.7 Å². The van der Waals surface area contributed by atoms with Crippen molar-refractivity contribution in [3.05, 3.63) is 48.5 Å². The third kappa shape index (κ3) is 5.06. The number of benzene rings is 2. The minimum absolute atomic E-state index is 0.602. The van der Waals surface area contributed by atoms with E-state index >= 15 is 0 Å². The van der Waals surface area contributed by atoms with E-state index in [-0.39, 0.29) is 0 Å². The molecule has 0 saturated heterocycles. The highest BCUT2D eigenvalue weighted by Crippen LogP contribution is 2.36. The molecule has 0 bridgehead atoms. The van der Waals surface area contributed by atoms with Crippen LogP contribution in [0.2, 0.25) is 0 Å². The van der Waals surface area contributed by atoms with Crippen LogP contribution in [0, 0.1) is 0 Å². The highest BCUT2D eigenvalue weighted by atomic mass is 16.5. The highest BCUT2D eigenvalue weighted by molar-refractivity contribution is 5.57. The molecule has 0 heterocycles. The molecule has 0 radical (unpaired) electrons. The molecule has 0 aliphatic rings. The van der Waals surface area contributed by atoms with Crippen molar-refractivity contribution >= 4 is 11.4 Å². The molecule has 0 aromatic heterocycles. The van der Waals surface area contributed by atoms with Crippen molar-refractivity contribution < 1.29 is 4.74 Å². The third-order valence-corrected chi connectivity index (χ3v) is 2.61. The van der Waals surface area contributed by atoms with Crippen molar-refractivity contribution in [3.63, 3.8) is 0 Å². The molecule has 0 saturated carbocycles. The molecule has 120 valence electrons. The van der Waals surface area contributed by atoms with Gasteiger partial charge in [-0.2, -0.15) is 0 Å². The zero-order valence-electron chi connectivity index (χ0n) is 13.7. The van der Waals surface area contributed by atoms with Crippen molar-refractivity contribution in [2.45, 2.75) is 0 Å². The largest absolute Gasteiger partial charge is 0.453 e. The zero-order chi connectivity index (χ0) is 16.7. The Bertz CT molecular complexity index is 637. The van der Waals surface area contributed by atoms with E-state index < -0.39 is 0 Å². The standard InChI is InChI=1S/C16H20N6O/c1-21(2)19-17-13-9-5-7-11-15(13)23-16-12-8-6-10-14(16)18-20-22(3)4/h5-12H,1-4H3. The van der Waals surface area contributed by atoms with Gasteiger partial charge in [0.05, 0.1) is 0 Å². The van der Waals surface area contributed by atoms with Gasteiger partial charge in [0.1, 0.15) is 11.4 Å². The number of para-hydroxylation sites is 2. The Hall–Kier alpha value is -2.96. The number of rotatable bonds is 6. The van der Waals surface area contributed by atoms with Crippen LogP contribution in [0.25, 0.3) is 0 Å². The number of nitrogens with zero attached hydrogens (tertiary/aromatic N) is 6. The lowest BCUT2D eigenvalue weighted by Crippen LogP contribution is -1.99. The lowest BCUT2D eigenvalue weighted by atomic mass is 10.3. The Morgan fingerprint density at radius 2 is 1.04 bits per heavy atom. The average molecular weight is 312 g/mol. The molecule has 7 heteroatoms. The second-order valence-corrected chi connectivity index (χ2v) is 5.11. The zero-order valence-corrected chi connectivity index (χ0v) is 13.7. The van der Waals surface area contributed by atoms with Gasteiger partial charge in [0.15, 0.2) is 11.5 Å². The maximum absolute atomic E-state index is 5.96. The van der Waals surface area contributed by atoms with E-state index in [2.05, 4.69) is 20.7 Å². The lowest BCUT2D eigenvalue weighted by molar-refractivity contribution is 0.404. The first-order valence-electron chi connectivity index (χ1n) is 7.10. The molecule has 2 aromatic rings. The first-order chi connectivity index (χ1) is 11.1. The molecule has 0 fully saturated rings. The van der Waals surface area contributed by atoms with E-state index in [9.17, 15) is 0 Å². The maximum atomic E-state index is 5.96. The van der Waals surface area contributed by atoms with Gasteiger partial charge >= 0.3 is 0 Å². The second-order valence-electron chi connectivity index (χ2n) is 5.11. The Kier molecular flexibility index (Phi) is 5.62. The summed E-state index contributed by atoms with van der Waals surface area (Å²) in [5.74, 6) is 1.20. The van der Waals surface area contributed by atoms with Crippen molar-refractivity contribution in [2.75, 3.05) is 28.2 Å². The molecule has 7 nitrogen and oxygen atoms in total. The van der Waals surface area contributed by atoms with Crippen LogP contribution < -0.4 is 4.74 Å². The minimum atomic E-state index is 0.602. The fourth-order valence-corrected chi connectivity index (χ4v) is 1.65. The van der Waals surface area contributed by atoms with Gasteiger partial charge in [0.25, 0.3) is 0 Å². The summed E-state index contributed by atoms with van der Waals surface area (Å²) in [7, 11) is 7.24. The molecule has 0 unspecified atom stereocenters. The molecule has 2 aromatic carbocycles. The van der Waals surface area contributed by atoms with Gasteiger partial charge in [0, 0.05) is 28.2 Å². The fraction of sp³-hybridized carbons (Fsp3) is 0.250. The lowest BCUT2D eigenvalue weighted by Gasteiger charge is -2.10. The summed E-state index contributed by atoms with van der Waals surface area (Å²) in [5, 5.41) is 19.6. The Balaban J connectivity index is 2.30. The summed E-state index contributed by atoms with van der Waals surface area (Å²) in [5.41, 5.74) is 1.28. The molecule has 2 rings (SSSR count). The van der Waals surface area contributed by atoms with E-state index in [0.29, 0.717) is 22.9 Å². The van der Waals surface area contributed by atoms with Crippen LogP contribution in [0.3, 0.4) is 0 Å². The van der Waals surface area contributed by atoms with E-state index in [0.717, 1.165) is 0 Å². The third-order valence-electron chi connectivity index (χ3n) is 2.61. The molecule has 0 aliphatic heterocycles. The predicted molar refractivity (Wildman–Crippen MR) is 89.4 cm³/mol. The van der Waals surface area contributed by atoms with Crippen molar-refractivity contribution in [2.24, 2.45) is 20.7 Å². The molecule has 0 spiro atoms. The van der Waals surface area contributed by atoms with Crippen LogP contribution in [0.15, 0.2) is 69.2 Å². The van der Waals surface area contributed by atoms with Crippen molar-refractivity contribution in [1.29, 1.82) is 0 Å². The topological polar surface area (TPSA) is 65.1 Å². The summed E-state index contributed by atoms with van der Waals surface area (Å²) in [6.07, 6.45) is 0. The van der Waals surface area contributed by atoms with Crippen molar-refractivity contribution in [1.82, 2.24) is 10.0 Å². The van der Waals surface area contributed by atoms with Crippen LogP contribution in [0.1, 0.15) is 0 Å². The van der Waals surface area contributed by atoms with Crippen molar-refractivity contribution in [3.8, 4) is 11.5 Å². The van der Waals surface area contributed by atoms with Gasteiger partial charge in [-0.15, -0.1) is 10.2 Å². The molecular weight excluding hydrogens is 292 g/mol. The molecule has 0 amide bonds. The maximum Gasteiger partial charge on any atom is 0.155 e. The monoisotopic (exact) mass is 312 g/mol. The Morgan fingerprint density at radius 3 is 1.43 bits per heavy atom. The van der Waals surface area contributed by atoms with Gasteiger partial charge in [0.2, 0.25) is 0 Å². The van der Waals surface area contributed by atoms with Gasteiger partial charge in [-0.3, -0.25) is 10.0 Å². The fourth-order valence-electron chi connectivity index (χ4n) is 1.65. The van der Waals surface area contributed by atoms with Crippen LogP contribution in [-0.4, -0.2) is 38.2 Å². The van der Waals surface area contributed by atoms with Gasteiger partial charge in [-0.25, -0.2) is 0 Å². The molecule has 0 aliphatic carbocycles. The van der Waals surface area contributed by atoms with Crippen LogP contribution in [-0.2, 0) is 0 Å². The quantitative estimate of drug-likeness (QED) is 0.578. The van der Waals surface area contributed by atoms with Crippen LogP contribution in [0.4, 0.5) is 11.4 Å². The van der Waals surface area contributed by atoms with E-state index in [1.165, 1.54) is 0 Å². The molecule has 23 heavy (non-hydrogen) atoms. The first kappa shape index (κ1) is 16.4. The van der Waals surface area contributed by atoms with Gasteiger partial charge in [-0.1, -0.05) is 34.7 Å². The van der Waals surface area contributed by atoms with E-state index in [1.54, 1.807) is 10.0 Å².